The molecule has 1 amide bonds. The van der Waals surface area contributed by atoms with Crippen LogP contribution in [0.15, 0.2) is 18.2 Å². The quantitative estimate of drug-likeness (QED) is 0.895. The van der Waals surface area contributed by atoms with E-state index in [0.29, 0.717) is 0 Å². The molecule has 0 radical (unpaired) electrons. The topological polar surface area (TPSA) is 75.6 Å². The molecule has 0 aliphatic heterocycles. The average Bonchev–Trinajstić information content (AvgIpc) is 2.30. The van der Waals surface area contributed by atoms with Crippen LogP contribution in [0.5, 0.6) is 0 Å². The maximum Gasteiger partial charge on any atom is 0.408 e. The first-order chi connectivity index (χ1) is 9.58. The average molecular weight is 293 g/mol. The lowest BCUT2D eigenvalue weighted by atomic mass is 9.99. The van der Waals surface area contributed by atoms with E-state index in [1.165, 1.54) is 0 Å². The lowest BCUT2D eigenvalue weighted by Gasteiger charge is -2.22. The minimum atomic E-state index is -1.08. The molecular weight excluding hydrogens is 270 g/mol. The number of benzene rings is 1. The second-order valence-corrected chi connectivity index (χ2v) is 6.17. The van der Waals surface area contributed by atoms with Crippen LogP contribution in [0.4, 0.5) is 4.79 Å². The van der Waals surface area contributed by atoms with Gasteiger partial charge in [0.05, 0.1) is 0 Å². The van der Waals surface area contributed by atoms with Crippen LogP contribution in [0.25, 0.3) is 0 Å². The molecule has 2 N–H and O–H groups in total. The summed E-state index contributed by atoms with van der Waals surface area (Å²) in [7, 11) is 0. The van der Waals surface area contributed by atoms with Crippen LogP contribution in [-0.4, -0.2) is 28.8 Å². The summed E-state index contributed by atoms with van der Waals surface area (Å²) in [6.07, 6.45) is -0.498. The van der Waals surface area contributed by atoms with Crippen LogP contribution in [0, 0.1) is 13.8 Å². The Bertz CT molecular complexity index is 532. The summed E-state index contributed by atoms with van der Waals surface area (Å²) >= 11 is 0. The smallest absolute Gasteiger partial charge is 0.408 e. The fraction of sp³-hybridized carbons (Fsp3) is 0.500. The third-order valence-corrected chi connectivity index (χ3v) is 2.92. The second kappa shape index (κ2) is 6.61. The van der Waals surface area contributed by atoms with Gasteiger partial charge in [-0.3, -0.25) is 0 Å². The largest absolute Gasteiger partial charge is 0.480 e. The number of carboxylic acid groups (broad SMARTS) is 1. The monoisotopic (exact) mass is 293 g/mol. The molecule has 116 valence electrons. The predicted octanol–water partition coefficient (Wildman–Crippen LogP) is 2.82. The van der Waals surface area contributed by atoms with Gasteiger partial charge in [0.1, 0.15) is 11.6 Å². The Hall–Kier alpha value is -2.04. The zero-order chi connectivity index (χ0) is 16.2. The first-order valence-electron chi connectivity index (χ1n) is 6.87. The Labute approximate surface area is 125 Å². The van der Waals surface area contributed by atoms with E-state index < -0.39 is 23.7 Å². The maximum absolute atomic E-state index is 11.7. The number of aryl methyl sites for hydroxylation is 2. The van der Waals surface area contributed by atoms with Gasteiger partial charge < -0.3 is 15.2 Å². The van der Waals surface area contributed by atoms with Gasteiger partial charge in [0, 0.05) is 6.42 Å². The maximum atomic E-state index is 11.7. The normalized spacial score (nSPS) is 12.6. The Kier molecular flexibility index (Phi) is 5.35. The van der Waals surface area contributed by atoms with E-state index >= 15 is 0 Å². The molecule has 1 aromatic carbocycles. The van der Waals surface area contributed by atoms with Gasteiger partial charge in [0.25, 0.3) is 0 Å². The van der Waals surface area contributed by atoms with Crippen LogP contribution >= 0.6 is 0 Å². The molecule has 1 rings (SSSR count). The number of carbonyl (C=O) groups is 2. The summed E-state index contributed by atoms with van der Waals surface area (Å²) in [6, 6.07) is 4.83. The fourth-order valence-electron chi connectivity index (χ4n) is 1.89. The molecule has 0 saturated heterocycles. The van der Waals surface area contributed by atoms with Crippen molar-refractivity contribution in [3.63, 3.8) is 0 Å². The van der Waals surface area contributed by atoms with E-state index in [2.05, 4.69) is 5.32 Å². The van der Waals surface area contributed by atoms with Crippen LogP contribution in [-0.2, 0) is 16.0 Å². The molecule has 0 fully saturated rings. The first kappa shape index (κ1) is 17.0. The molecular formula is C16H23NO4. The van der Waals surface area contributed by atoms with E-state index in [0.717, 1.165) is 16.7 Å². The third kappa shape index (κ3) is 5.85. The van der Waals surface area contributed by atoms with E-state index in [1.807, 2.05) is 32.0 Å². The molecule has 1 aromatic rings. The van der Waals surface area contributed by atoms with Crippen molar-refractivity contribution in [3.05, 3.63) is 34.9 Å². The highest BCUT2D eigenvalue weighted by Crippen LogP contribution is 2.14. The fourth-order valence-corrected chi connectivity index (χ4v) is 1.89. The number of ether oxygens (including phenoxy) is 1. The number of carbonyl (C=O) groups excluding carboxylic acids is 1. The molecule has 0 aliphatic rings. The van der Waals surface area contributed by atoms with Gasteiger partial charge >= 0.3 is 12.1 Å². The summed E-state index contributed by atoms with van der Waals surface area (Å²) in [5, 5.41) is 11.7. The summed E-state index contributed by atoms with van der Waals surface area (Å²) in [4.78, 5) is 23.0. The van der Waals surface area contributed by atoms with E-state index in [-0.39, 0.29) is 6.42 Å². The molecule has 1 atom stereocenters. The second-order valence-electron chi connectivity index (χ2n) is 6.17. The summed E-state index contributed by atoms with van der Waals surface area (Å²) < 4.78 is 5.10. The van der Waals surface area contributed by atoms with E-state index in [4.69, 9.17) is 4.74 Å². The Balaban J connectivity index is 2.81. The highest BCUT2D eigenvalue weighted by molar-refractivity contribution is 5.80. The Morgan fingerprint density at radius 1 is 1.29 bits per heavy atom. The van der Waals surface area contributed by atoms with Crippen molar-refractivity contribution >= 4 is 12.1 Å². The van der Waals surface area contributed by atoms with Gasteiger partial charge in [-0.25, -0.2) is 9.59 Å². The molecule has 0 unspecified atom stereocenters. The molecule has 0 heterocycles. The van der Waals surface area contributed by atoms with Crippen LogP contribution in [0.2, 0.25) is 0 Å². The SMILES string of the molecule is Cc1ccc(C)c(C[C@@H](NC(=O)OC(C)(C)C)C(=O)O)c1. The molecule has 0 spiro atoms. The van der Waals surface area contributed by atoms with Crippen molar-refractivity contribution in [2.24, 2.45) is 0 Å². The summed E-state index contributed by atoms with van der Waals surface area (Å²) in [5.41, 5.74) is 2.29. The predicted molar refractivity (Wildman–Crippen MR) is 80.4 cm³/mol. The first-order valence-corrected chi connectivity index (χ1v) is 6.87. The summed E-state index contributed by atoms with van der Waals surface area (Å²) in [6.45, 7) is 9.05. The number of hydrogen-bond acceptors (Lipinski definition) is 3. The molecule has 5 nitrogen and oxygen atoms in total. The molecule has 0 bridgehead atoms. The number of nitrogens with one attached hydrogen (secondary N) is 1. The number of carboxylic acids is 1. The number of hydrogen-bond donors (Lipinski definition) is 2. The van der Waals surface area contributed by atoms with Gasteiger partial charge in [-0.2, -0.15) is 0 Å². The highest BCUT2D eigenvalue weighted by Gasteiger charge is 2.24. The third-order valence-electron chi connectivity index (χ3n) is 2.92. The molecule has 0 aromatic heterocycles. The zero-order valence-electron chi connectivity index (χ0n) is 13.2. The molecule has 0 saturated carbocycles. The zero-order valence-corrected chi connectivity index (χ0v) is 13.2. The number of aliphatic carboxylic acids is 1. The van der Waals surface area contributed by atoms with Crippen molar-refractivity contribution < 1.29 is 19.4 Å². The van der Waals surface area contributed by atoms with Crippen molar-refractivity contribution in [1.29, 1.82) is 0 Å². The number of alkyl carbamates (subject to hydrolysis) is 1. The van der Waals surface area contributed by atoms with Crippen LogP contribution < -0.4 is 5.32 Å². The lowest BCUT2D eigenvalue weighted by Crippen LogP contribution is -2.44. The van der Waals surface area contributed by atoms with Gasteiger partial charge in [-0.15, -0.1) is 0 Å². The molecule has 5 heteroatoms. The van der Waals surface area contributed by atoms with Gasteiger partial charge in [-0.05, 0) is 45.7 Å². The standard InChI is InChI=1S/C16H23NO4/c1-10-6-7-11(2)12(8-10)9-13(14(18)19)17-15(20)21-16(3,4)5/h6-8,13H,9H2,1-5H3,(H,17,20)(H,18,19)/t13-/m1/s1. The minimum absolute atomic E-state index is 0.224. The van der Waals surface area contributed by atoms with Gasteiger partial charge in [-0.1, -0.05) is 23.8 Å². The Morgan fingerprint density at radius 3 is 2.43 bits per heavy atom. The highest BCUT2D eigenvalue weighted by atomic mass is 16.6. The van der Waals surface area contributed by atoms with Gasteiger partial charge in [0.15, 0.2) is 0 Å². The van der Waals surface area contributed by atoms with Crippen molar-refractivity contribution in [3.8, 4) is 0 Å². The number of amides is 1. The number of rotatable bonds is 4. The minimum Gasteiger partial charge on any atom is -0.480 e. The Morgan fingerprint density at radius 2 is 1.90 bits per heavy atom. The summed E-state index contributed by atoms with van der Waals surface area (Å²) in [5.74, 6) is -1.08. The molecule has 0 aliphatic carbocycles. The van der Waals surface area contributed by atoms with E-state index in [1.54, 1.807) is 20.8 Å². The van der Waals surface area contributed by atoms with Crippen molar-refractivity contribution in [2.45, 2.75) is 52.7 Å². The van der Waals surface area contributed by atoms with Crippen LogP contribution in [0.1, 0.15) is 37.5 Å². The van der Waals surface area contributed by atoms with Crippen LogP contribution in [0.3, 0.4) is 0 Å². The van der Waals surface area contributed by atoms with Gasteiger partial charge in [0.2, 0.25) is 0 Å². The van der Waals surface area contributed by atoms with Crippen molar-refractivity contribution in [1.82, 2.24) is 5.32 Å². The van der Waals surface area contributed by atoms with E-state index in [9.17, 15) is 14.7 Å². The lowest BCUT2D eigenvalue weighted by molar-refractivity contribution is -0.139. The van der Waals surface area contributed by atoms with Crippen molar-refractivity contribution in [2.75, 3.05) is 0 Å². The molecule has 21 heavy (non-hydrogen) atoms.